The van der Waals surface area contributed by atoms with Crippen LogP contribution in [0.15, 0.2) is 36.4 Å². The minimum Gasteiger partial charge on any atom is -0.346 e. The lowest BCUT2D eigenvalue weighted by molar-refractivity contribution is -0.240. The lowest BCUT2D eigenvalue weighted by atomic mass is 9.85. The molecule has 0 radical (unpaired) electrons. The Morgan fingerprint density at radius 2 is 2.11 bits per heavy atom. The molecule has 1 saturated heterocycles. The van der Waals surface area contributed by atoms with Gasteiger partial charge in [-0.2, -0.15) is 0 Å². The summed E-state index contributed by atoms with van der Waals surface area (Å²) in [6.45, 7) is 0.589. The Morgan fingerprint density at radius 1 is 1.33 bits per heavy atom. The van der Waals surface area contributed by atoms with Crippen molar-refractivity contribution in [3.63, 3.8) is 0 Å². The summed E-state index contributed by atoms with van der Waals surface area (Å²) in [6.07, 6.45) is 3.59. The van der Waals surface area contributed by atoms with Crippen molar-refractivity contribution < 1.29 is 14.3 Å². The zero-order chi connectivity index (χ0) is 12.6. The van der Waals surface area contributed by atoms with E-state index in [0.717, 1.165) is 24.0 Å². The molecule has 1 aromatic rings. The summed E-state index contributed by atoms with van der Waals surface area (Å²) in [4.78, 5) is 12.2. The molecule has 2 atom stereocenters. The van der Waals surface area contributed by atoms with Crippen LogP contribution in [-0.4, -0.2) is 25.3 Å². The van der Waals surface area contributed by atoms with Crippen LogP contribution < -0.4 is 0 Å². The Balaban J connectivity index is 2.03. The molecule has 1 fully saturated rings. The van der Waals surface area contributed by atoms with Crippen molar-refractivity contribution in [1.29, 1.82) is 0 Å². The molecular formula is C15H16O3. The summed E-state index contributed by atoms with van der Waals surface area (Å²) >= 11 is 0. The van der Waals surface area contributed by atoms with Gasteiger partial charge in [0.1, 0.15) is 0 Å². The third-order valence-electron chi connectivity index (χ3n) is 3.83. The van der Waals surface area contributed by atoms with E-state index < -0.39 is 5.79 Å². The Hall–Kier alpha value is -1.45. The molecule has 0 N–H and O–H groups in total. The molecule has 0 aromatic heterocycles. The first-order chi connectivity index (χ1) is 8.78. The predicted octanol–water partition coefficient (Wildman–Crippen LogP) is 2.42. The summed E-state index contributed by atoms with van der Waals surface area (Å²) in [7, 11) is 1.55. The first kappa shape index (κ1) is 11.6. The summed E-state index contributed by atoms with van der Waals surface area (Å²) in [5, 5.41) is 0. The molecular weight excluding hydrogens is 228 g/mol. The third kappa shape index (κ3) is 1.55. The topological polar surface area (TPSA) is 35.5 Å². The average molecular weight is 244 g/mol. The van der Waals surface area contributed by atoms with Gasteiger partial charge in [0.25, 0.3) is 0 Å². The molecule has 1 aliphatic carbocycles. The molecule has 0 bridgehead atoms. The van der Waals surface area contributed by atoms with Gasteiger partial charge in [0, 0.05) is 13.0 Å². The minimum absolute atomic E-state index is 0.0196. The van der Waals surface area contributed by atoms with Crippen LogP contribution in [0.5, 0.6) is 0 Å². The van der Waals surface area contributed by atoms with Crippen molar-refractivity contribution in [2.45, 2.75) is 18.6 Å². The zero-order valence-corrected chi connectivity index (χ0v) is 10.4. The Labute approximate surface area is 106 Å². The molecule has 94 valence electrons. The van der Waals surface area contributed by atoms with E-state index in [9.17, 15) is 4.79 Å². The number of ether oxygens (including phenoxy) is 2. The largest absolute Gasteiger partial charge is 0.346 e. The molecule has 0 amide bonds. The van der Waals surface area contributed by atoms with Gasteiger partial charge in [0.2, 0.25) is 11.6 Å². The Morgan fingerprint density at radius 3 is 2.83 bits per heavy atom. The van der Waals surface area contributed by atoms with E-state index in [-0.39, 0.29) is 11.7 Å². The van der Waals surface area contributed by atoms with E-state index in [1.54, 1.807) is 13.2 Å². The fourth-order valence-corrected chi connectivity index (χ4v) is 2.96. The SMILES string of the molecule is CO[C@]12OCCC[C@H]1C(c1ccccc1)=CC2=O. The van der Waals surface area contributed by atoms with Gasteiger partial charge in [-0.3, -0.25) is 4.79 Å². The van der Waals surface area contributed by atoms with Crippen LogP contribution in [0.1, 0.15) is 18.4 Å². The normalized spacial score (nSPS) is 31.1. The average Bonchev–Trinajstić information content (AvgIpc) is 2.74. The second-order valence-corrected chi connectivity index (χ2v) is 4.74. The van der Waals surface area contributed by atoms with Gasteiger partial charge in [-0.1, -0.05) is 30.3 Å². The number of ketones is 1. The molecule has 0 unspecified atom stereocenters. The van der Waals surface area contributed by atoms with E-state index >= 15 is 0 Å². The van der Waals surface area contributed by atoms with E-state index in [2.05, 4.69) is 0 Å². The molecule has 0 saturated carbocycles. The minimum atomic E-state index is -1.07. The molecule has 0 spiro atoms. The lowest BCUT2D eigenvalue weighted by Crippen LogP contribution is -2.49. The number of hydrogen-bond acceptors (Lipinski definition) is 3. The number of carbonyl (C=O) groups excluding carboxylic acids is 1. The quantitative estimate of drug-likeness (QED) is 0.801. The molecule has 2 aliphatic rings. The summed E-state index contributed by atoms with van der Waals surface area (Å²) in [5.41, 5.74) is 2.13. The zero-order valence-electron chi connectivity index (χ0n) is 10.4. The van der Waals surface area contributed by atoms with Crippen molar-refractivity contribution in [3.8, 4) is 0 Å². The van der Waals surface area contributed by atoms with Gasteiger partial charge in [-0.25, -0.2) is 0 Å². The van der Waals surface area contributed by atoms with E-state index in [0.29, 0.717) is 6.61 Å². The highest BCUT2D eigenvalue weighted by molar-refractivity contribution is 6.08. The van der Waals surface area contributed by atoms with Crippen LogP contribution in [0, 0.1) is 5.92 Å². The van der Waals surface area contributed by atoms with Crippen molar-refractivity contribution in [2.75, 3.05) is 13.7 Å². The van der Waals surface area contributed by atoms with Crippen molar-refractivity contribution in [2.24, 2.45) is 5.92 Å². The fourth-order valence-electron chi connectivity index (χ4n) is 2.96. The number of benzene rings is 1. The van der Waals surface area contributed by atoms with Gasteiger partial charge >= 0.3 is 0 Å². The van der Waals surface area contributed by atoms with Crippen LogP contribution in [0.3, 0.4) is 0 Å². The summed E-state index contributed by atoms with van der Waals surface area (Å²) in [6, 6.07) is 10.00. The van der Waals surface area contributed by atoms with Crippen LogP contribution >= 0.6 is 0 Å². The van der Waals surface area contributed by atoms with E-state index in [1.807, 2.05) is 30.3 Å². The van der Waals surface area contributed by atoms with Gasteiger partial charge in [-0.05, 0) is 30.1 Å². The number of methoxy groups -OCH3 is 1. The third-order valence-corrected chi connectivity index (χ3v) is 3.83. The lowest BCUT2D eigenvalue weighted by Gasteiger charge is -2.37. The second-order valence-electron chi connectivity index (χ2n) is 4.74. The number of carbonyl (C=O) groups is 1. The number of hydrogen-bond donors (Lipinski definition) is 0. The maximum atomic E-state index is 12.2. The van der Waals surface area contributed by atoms with Crippen LogP contribution in [0.4, 0.5) is 0 Å². The Kier molecular flexibility index (Phi) is 2.80. The maximum Gasteiger partial charge on any atom is 0.239 e. The highest BCUT2D eigenvalue weighted by atomic mass is 16.7. The van der Waals surface area contributed by atoms with Gasteiger partial charge in [-0.15, -0.1) is 0 Å². The standard InChI is InChI=1S/C15H16O3/c1-17-15-13(8-5-9-18-15)12(10-14(15)16)11-6-3-2-4-7-11/h2-4,6-7,10,13H,5,8-9H2,1H3/t13-,15-/m0/s1. The Bertz CT molecular complexity index is 492. The van der Waals surface area contributed by atoms with Crippen LogP contribution in [0.25, 0.3) is 5.57 Å². The molecule has 1 aliphatic heterocycles. The molecule has 1 aromatic carbocycles. The van der Waals surface area contributed by atoms with Crippen LogP contribution in [-0.2, 0) is 14.3 Å². The smallest absolute Gasteiger partial charge is 0.239 e. The van der Waals surface area contributed by atoms with E-state index in [1.165, 1.54) is 0 Å². The first-order valence-electron chi connectivity index (χ1n) is 6.28. The fraction of sp³-hybridized carbons (Fsp3) is 0.400. The second kappa shape index (κ2) is 4.34. The first-order valence-corrected chi connectivity index (χ1v) is 6.28. The van der Waals surface area contributed by atoms with Gasteiger partial charge in [0.05, 0.1) is 6.61 Å². The molecule has 3 nitrogen and oxygen atoms in total. The highest BCUT2D eigenvalue weighted by Gasteiger charge is 2.54. The summed E-state index contributed by atoms with van der Waals surface area (Å²) in [5.74, 6) is -1.11. The molecule has 3 rings (SSSR count). The van der Waals surface area contributed by atoms with Crippen molar-refractivity contribution >= 4 is 11.4 Å². The molecule has 18 heavy (non-hydrogen) atoms. The molecule has 3 heteroatoms. The van der Waals surface area contributed by atoms with Crippen molar-refractivity contribution in [1.82, 2.24) is 0 Å². The predicted molar refractivity (Wildman–Crippen MR) is 67.8 cm³/mol. The summed E-state index contributed by atoms with van der Waals surface area (Å²) < 4.78 is 11.1. The number of fused-ring (bicyclic) bond motifs is 1. The van der Waals surface area contributed by atoms with E-state index in [4.69, 9.17) is 9.47 Å². The number of rotatable bonds is 2. The van der Waals surface area contributed by atoms with Crippen molar-refractivity contribution in [3.05, 3.63) is 42.0 Å². The highest BCUT2D eigenvalue weighted by Crippen LogP contribution is 2.46. The van der Waals surface area contributed by atoms with Gasteiger partial charge < -0.3 is 9.47 Å². The molecule has 1 heterocycles. The van der Waals surface area contributed by atoms with Gasteiger partial charge in [0.15, 0.2) is 0 Å². The maximum absolute atomic E-state index is 12.2. The monoisotopic (exact) mass is 244 g/mol. The van der Waals surface area contributed by atoms with Crippen LogP contribution in [0.2, 0.25) is 0 Å².